The summed E-state index contributed by atoms with van der Waals surface area (Å²) in [6, 6.07) is 6.72. The molecule has 0 saturated heterocycles. The summed E-state index contributed by atoms with van der Waals surface area (Å²) in [4.78, 5) is 24.7. The van der Waals surface area contributed by atoms with Gasteiger partial charge in [-0.05, 0) is 56.7 Å². The van der Waals surface area contributed by atoms with Crippen LogP contribution in [0.15, 0.2) is 30.5 Å². The maximum absolute atomic E-state index is 14.3. The Labute approximate surface area is 224 Å². The number of para-hydroxylation sites is 1. The Kier molecular flexibility index (Phi) is 5.16. The van der Waals surface area contributed by atoms with Crippen LogP contribution < -0.4 is 26.5 Å². The number of nitrogens with zero attached hydrogens (tertiary/aromatic N) is 4. The van der Waals surface area contributed by atoms with Crippen molar-refractivity contribution in [3.05, 3.63) is 36.2 Å². The minimum absolute atomic E-state index is 0.00812. The fourth-order valence-electron chi connectivity index (χ4n) is 4.89. The number of ether oxygens (including phenoxy) is 1. The van der Waals surface area contributed by atoms with Crippen molar-refractivity contribution >= 4 is 41.5 Å². The van der Waals surface area contributed by atoms with Crippen molar-refractivity contribution in [2.24, 2.45) is 18.6 Å². The third-order valence-corrected chi connectivity index (χ3v) is 11.5. The molecule has 3 saturated carbocycles. The Morgan fingerprint density at radius 3 is 2.50 bits per heavy atom. The lowest BCUT2D eigenvalue weighted by molar-refractivity contribution is -0.117. The first-order valence-corrected chi connectivity index (χ1v) is 14.5. The highest BCUT2D eigenvalue weighted by Crippen LogP contribution is 2.69. The smallest absolute Gasteiger partial charge is 0.271 e. The molecule has 11 nitrogen and oxygen atoms in total. The van der Waals surface area contributed by atoms with Crippen LogP contribution in [0.3, 0.4) is 0 Å². The van der Waals surface area contributed by atoms with Crippen LogP contribution in [0.25, 0.3) is 11.3 Å². The number of hydrogen-bond acceptors (Lipinski definition) is 8. The van der Waals surface area contributed by atoms with E-state index in [9.17, 15) is 14.2 Å². The lowest BCUT2D eigenvalue weighted by atomic mass is 10.1. The van der Waals surface area contributed by atoms with Crippen LogP contribution in [0.4, 0.5) is 17.1 Å². The van der Waals surface area contributed by atoms with Crippen molar-refractivity contribution in [3.8, 4) is 17.0 Å². The standard InChI is InChI=1S/C26H30N7O4P/c1-33-21(38(36,15-8-9-15)16-10-11-16)12-19(32-33)17-4-3-5-18(24(17)37-2)29-22-20(30-26(35)14-6-7-14)13-28-31-23(22)25(27)34/h3-5,12-16H,6-11H2,1-2H3,(H2,27,34)(H,28,29)(H,30,31,35)/i1D3. The molecule has 12 heteroatoms. The maximum atomic E-state index is 14.3. The van der Waals surface area contributed by atoms with E-state index in [2.05, 4.69) is 25.9 Å². The van der Waals surface area contributed by atoms with Gasteiger partial charge in [-0.15, -0.1) is 5.10 Å². The predicted octanol–water partition coefficient (Wildman–Crippen LogP) is 3.39. The van der Waals surface area contributed by atoms with Gasteiger partial charge in [0, 0.05) is 33.9 Å². The van der Waals surface area contributed by atoms with Gasteiger partial charge < -0.3 is 25.7 Å². The van der Waals surface area contributed by atoms with Crippen LogP contribution in [-0.2, 0) is 16.3 Å². The second kappa shape index (κ2) is 9.23. The molecule has 3 aliphatic carbocycles. The summed E-state index contributed by atoms with van der Waals surface area (Å²) in [5.41, 5.74) is 7.13. The van der Waals surface area contributed by atoms with Crippen molar-refractivity contribution in [2.75, 3.05) is 17.7 Å². The number of hydrogen-bond donors (Lipinski definition) is 3. The fraction of sp³-hybridized carbons (Fsp3) is 0.423. The number of primary amides is 1. The zero-order chi connectivity index (χ0) is 29.1. The number of carbonyl (C=O) groups excluding carboxylic acids is 2. The van der Waals surface area contributed by atoms with Gasteiger partial charge in [-0.2, -0.15) is 10.2 Å². The number of nitrogens with one attached hydrogen (secondary N) is 2. The second-order valence-electron chi connectivity index (χ2n) is 10.1. The number of aromatic nitrogens is 4. The van der Waals surface area contributed by atoms with Gasteiger partial charge in [0.2, 0.25) is 5.91 Å². The molecule has 1 aromatic carbocycles. The van der Waals surface area contributed by atoms with E-state index in [0.29, 0.717) is 16.9 Å². The molecule has 3 aromatic rings. The Bertz CT molecular complexity index is 1580. The predicted molar refractivity (Wildman–Crippen MR) is 144 cm³/mol. The van der Waals surface area contributed by atoms with Crippen molar-refractivity contribution < 1.29 is 23.0 Å². The molecule has 38 heavy (non-hydrogen) atoms. The molecule has 3 fully saturated rings. The quantitative estimate of drug-likeness (QED) is 0.332. The van der Waals surface area contributed by atoms with E-state index in [-0.39, 0.29) is 51.4 Å². The highest BCUT2D eigenvalue weighted by Gasteiger charge is 2.53. The molecule has 2 amide bonds. The summed E-state index contributed by atoms with van der Waals surface area (Å²) in [5.74, 6) is -0.866. The molecular weight excluding hydrogens is 505 g/mol. The van der Waals surface area contributed by atoms with Crippen LogP contribution in [0, 0.1) is 5.92 Å². The van der Waals surface area contributed by atoms with Gasteiger partial charge >= 0.3 is 0 Å². The molecule has 0 radical (unpaired) electrons. The molecule has 0 unspecified atom stereocenters. The largest absolute Gasteiger partial charge is 0.494 e. The summed E-state index contributed by atoms with van der Waals surface area (Å²) in [7, 11) is -1.54. The summed E-state index contributed by atoms with van der Waals surface area (Å²) in [5, 5.41) is 18.0. The number of rotatable bonds is 10. The van der Waals surface area contributed by atoms with Crippen LogP contribution in [0.1, 0.15) is 53.1 Å². The van der Waals surface area contributed by atoms with Crippen LogP contribution >= 0.6 is 7.14 Å². The molecule has 0 bridgehead atoms. The van der Waals surface area contributed by atoms with Gasteiger partial charge in [-0.1, -0.05) is 6.07 Å². The van der Waals surface area contributed by atoms with E-state index in [0.717, 1.165) is 43.2 Å². The van der Waals surface area contributed by atoms with Crippen molar-refractivity contribution in [1.29, 1.82) is 0 Å². The Morgan fingerprint density at radius 1 is 1.16 bits per heavy atom. The van der Waals surface area contributed by atoms with Crippen molar-refractivity contribution in [2.45, 2.75) is 49.8 Å². The Hall–Kier alpha value is -3.72. The monoisotopic (exact) mass is 538 g/mol. The number of methoxy groups -OCH3 is 1. The third-order valence-electron chi connectivity index (χ3n) is 7.27. The number of carbonyl (C=O) groups is 2. The van der Waals surface area contributed by atoms with Crippen LogP contribution in [0.2, 0.25) is 0 Å². The number of benzene rings is 1. The molecule has 0 aliphatic heterocycles. The van der Waals surface area contributed by atoms with Gasteiger partial charge in [0.25, 0.3) is 5.91 Å². The fourth-order valence-corrected chi connectivity index (χ4v) is 8.73. The first kappa shape index (κ1) is 21.2. The average Bonchev–Trinajstić information content (AvgIpc) is 3.78. The van der Waals surface area contributed by atoms with E-state index in [1.54, 1.807) is 24.3 Å². The molecule has 2 heterocycles. The average molecular weight is 539 g/mol. The van der Waals surface area contributed by atoms with E-state index < -0.39 is 20.0 Å². The molecule has 6 rings (SSSR count). The Balaban J connectivity index is 1.43. The first-order valence-electron chi connectivity index (χ1n) is 14.1. The maximum Gasteiger partial charge on any atom is 0.271 e. The Morgan fingerprint density at radius 2 is 1.89 bits per heavy atom. The molecule has 198 valence electrons. The number of aryl methyl sites for hydroxylation is 1. The van der Waals surface area contributed by atoms with Gasteiger partial charge in [-0.25, -0.2) is 0 Å². The molecule has 0 atom stereocenters. The van der Waals surface area contributed by atoms with Gasteiger partial charge in [0.1, 0.15) is 7.14 Å². The van der Waals surface area contributed by atoms with Gasteiger partial charge in [0.15, 0.2) is 11.4 Å². The SMILES string of the molecule is [2H]C([2H])([2H])n1nc(-c2cccc(Nc3c(NC(=O)C4CC4)cnnc3C(N)=O)c2OC)cc1P(=O)(C1CC1)C1CC1. The molecular formula is C26H30N7O4P. The van der Waals surface area contributed by atoms with E-state index >= 15 is 0 Å². The highest BCUT2D eigenvalue weighted by atomic mass is 31.2. The number of nitrogens with two attached hydrogens (primary N) is 1. The molecule has 3 aliphatic rings. The van der Waals surface area contributed by atoms with E-state index in [1.165, 1.54) is 13.3 Å². The van der Waals surface area contributed by atoms with Crippen molar-refractivity contribution in [3.63, 3.8) is 0 Å². The van der Waals surface area contributed by atoms with E-state index in [4.69, 9.17) is 14.6 Å². The van der Waals surface area contributed by atoms with Gasteiger partial charge in [0.05, 0.1) is 41.5 Å². The molecule has 2 aromatic heterocycles. The van der Waals surface area contributed by atoms with Crippen LogP contribution in [-0.4, -0.2) is 50.2 Å². The van der Waals surface area contributed by atoms with Gasteiger partial charge in [-0.3, -0.25) is 14.3 Å². The van der Waals surface area contributed by atoms with Crippen molar-refractivity contribution in [1.82, 2.24) is 20.0 Å². The minimum atomic E-state index is -2.98. The highest BCUT2D eigenvalue weighted by molar-refractivity contribution is 7.73. The normalized spacial score (nSPS) is 18.7. The lowest BCUT2D eigenvalue weighted by Crippen LogP contribution is -2.20. The minimum Gasteiger partial charge on any atom is -0.494 e. The lowest BCUT2D eigenvalue weighted by Gasteiger charge is -2.18. The first-order chi connectivity index (χ1) is 19.5. The number of amides is 2. The summed E-state index contributed by atoms with van der Waals surface area (Å²) in [6.07, 6.45) is 6.16. The zero-order valence-corrected chi connectivity index (χ0v) is 21.7. The number of anilines is 3. The second-order valence-corrected chi connectivity index (χ2v) is 13.4. The topological polar surface area (TPSA) is 154 Å². The van der Waals surface area contributed by atoms with Crippen LogP contribution in [0.5, 0.6) is 5.75 Å². The molecule has 0 spiro atoms. The van der Waals surface area contributed by atoms with E-state index in [1.807, 2.05) is 0 Å². The summed E-state index contributed by atoms with van der Waals surface area (Å²) >= 11 is 0. The molecule has 4 N–H and O–H groups in total. The summed E-state index contributed by atoms with van der Waals surface area (Å²) < 4.78 is 45.5. The third kappa shape index (κ3) is 4.34. The zero-order valence-electron chi connectivity index (χ0n) is 23.8. The summed E-state index contributed by atoms with van der Waals surface area (Å²) in [6.45, 7) is -2.62.